The smallest absolute Gasteiger partial charge is 0.0753 e. The van der Waals surface area contributed by atoms with Gasteiger partial charge < -0.3 is 15.1 Å². The highest BCUT2D eigenvalue weighted by molar-refractivity contribution is 5.15. The van der Waals surface area contributed by atoms with Crippen molar-refractivity contribution in [2.24, 2.45) is 16.7 Å². The maximum absolute atomic E-state index is 10.9. The van der Waals surface area contributed by atoms with Crippen molar-refractivity contribution in [3.63, 3.8) is 0 Å². The van der Waals surface area contributed by atoms with Crippen LogP contribution in [0.15, 0.2) is 0 Å². The van der Waals surface area contributed by atoms with Crippen LogP contribution in [0.5, 0.6) is 0 Å². The molecule has 0 amide bonds. The van der Waals surface area contributed by atoms with Crippen LogP contribution in [-0.4, -0.2) is 47.0 Å². The van der Waals surface area contributed by atoms with Crippen LogP contribution in [0, 0.1) is 16.7 Å². The average Bonchev–Trinajstić information content (AvgIpc) is 2.74. The van der Waals surface area contributed by atoms with E-state index in [1.54, 1.807) is 0 Å². The van der Waals surface area contributed by atoms with Crippen molar-refractivity contribution in [3.05, 3.63) is 0 Å². The molecule has 0 radical (unpaired) electrons. The maximum Gasteiger partial charge on any atom is 0.0753 e. The van der Waals surface area contributed by atoms with Crippen molar-refractivity contribution in [2.75, 3.05) is 19.6 Å². The zero-order chi connectivity index (χ0) is 13.7. The molecule has 2 N–H and O–H groups in total. The molecule has 3 heteroatoms. The van der Waals surface area contributed by atoms with E-state index < -0.39 is 0 Å². The Bertz CT molecular complexity index is 338. The van der Waals surface area contributed by atoms with Crippen LogP contribution in [-0.2, 0) is 0 Å². The lowest BCUT2D eigenvalue weighted by Crippen LogP contribution is -2.53. The molecule has 2 saturated carbocycles. The highest BCUT2D eigenvalue weighted by atomic mass is 16.3. The molecule has 0 aromatic rings. The first-order valence-electron chi connectivity index (χ1n) is 8.07. The van der Waals surface area contributed by atoms with Crippen LogP contribution in [0.4, 0.5) is 0 Å². The minimum atomic E-state index is -0.372. The number of aliphatic hydroxyl groups is 2. The normalized spacial score (nSPS) is 43.6. The Balaban J connectivity index is 1.75. The molecule has 19 heavy (non-hydrogen) atoms. The molecular formula is C16H29NO2. The summed E-state index contributed by atoms with van der Waals surface area (Å²) in [5.41, 5.74) is -0.170. The Morgan fingerprint density at radius 1 is 1.21 bits per heavy atom. The molecule has 0 aromatic heterocycles. The van der Waals surface area contributed by atoms with Gasteiger partial charge in [0.15, 0.2) is 0 Å². The third-order valence-electron chi connectivity index (χ3n) is 6.70. The van der Waals surface area contributed by atoms with Gasteiger partial charge in [0.25, 0.3) is 0 Å². The quantitative estimate of drug-likeness (QED) is 0.822. The van der Waals surface area contributed by atoms with E-state index in [-0.39, 0.29) is 23.0 Å². The molecule has 1 saturated heterocycles. The summed E-state index contributed by atoms with van der Waals surface area (Å²) in [5, 5.41) is 21.4. The zero-order valence-corrected chi connectivity index (χ0v) is 12.4. The second-order valence-electron chi connectivity index (χ2n) is 7.63. The SMILES string of the molecule is CC1(C)[C@@H]2CC[C@@]1([C@@H](O)CN1CCCCC1)C(O)C2. The standard InChI is InChI=1S/C16H29NO2/c1-15(2)12-6-7-16(15,13(18)10-12)14(19)11-17-8-4-3-5-9-17/h12-14,18-19H,3-11H2,1-2H3/t12-,13?,14+,16+/m1/s1. The summed E-state index contributed by atoms with van der Waals surface area (Å²) in [4.78, 5) is 2.40. The van der Waals surface area contributed by atoms with Gasteiger partial charge in [-0.3, -0.25) is 0 Å². The van der Waals surface area contributed by atoms with Gasteiger partial charge in [-0.1, -0.05) is 20.3 Å². The largest absolute Gasteiger partial charge is 0.392 e. The molecule has 3 fully saturated rings. The van der Waals surface area contributed by atoms with E-state index in [0.717, 1.165) is 32.5 Å². The van der Waals surface area contributed by atoms with Crippen LogP contribution in [0.2, 0.25) is 0 Å². The highest BCUT2D eigenvalue weighted by Gasteiger charge is 2.66. The molecule has 3 aliphatic rings. The number of piperidine rings is 1. The maximum atomic E-state index is 10.9. The van der Waals surface area contributed by atoms with Crippen LogP contribution < -0.4 is 0 Å². The Kier molecular flexibility index (Phi) is 3.43. The third kappa shape index (κ3) is 1.89. The molecule has 0 aromatic carbocycles. The summed E-state index contributed by atoms with van der Waals surface area (Å²) in [7, 11) is 0. The average molecular weight is 267 g/mol. The molecule has 1 unspecified atom stereocenters. The number of hydrogen-bond acceptors (Lipinski definition) is 3. The van der Waals surface area contributed by atoms with Gasteiger partial charge in [0, 0.05) is 12.0 Å². The third-order valence-corrected chi connectivity index (χ3v) is 6.70. The van der Waals surface area contributed by atoms with Crippen molar-refractivity contribution < 1.29 is 10.2 Å². The number of aliphatic hydroxyl groups excluding tert-OH is 2. The summed E-state index contributed by atoms with van der Waals surface area (Å²) in [5.74, 6) is 0.596. The van der Waals surface area contributed by atoms with Gasteiger partial charge in [0.2, 0.25) is 0 Å². The molecule has 110 valence electrons. The van der Waals surface area contributed by atoms with Crippen LogP contribution in [0.3, 0.4) is 0 Å². The topological polar surface area (TPSA) is 43.7 Å². The molecular weight excluding hydrogens is 238 g/mol. The molecule has 1 aliphatic heterocycles. The summed E-state index contributed by atoms with van der Waals surface area (Å²) in [6, 6.07) is 0. The number of nitrogens with zero attached hydrogens (tertiary/aromatic N) is 1. The van der Waals surface area contributed by atoms with Gasteiger partial charge >= 0.3 is 0 Å². The van der Waals surface area contributed by atoms with E-state index in [4.69, 9.17) is 0 Å². The summed E-state index contributed by atoms with van der Waals surface area (Å²) in [6.07, 6.45) is 6.24. The summed E-state index contributed by atoms with van der Waals surface area (Å²) >= 11 is 0. The van der Waals surface area contributed by atoms with Crippen molar-refractivity contribution in [3.8, 4) is 0 Å². The van der Waals surface area contributed by atoms with Crippen molar-refractivity contribution in [2.45, 2.75) is 64.6 Å². The van der Waals surface area contributed by atoms with E-state index in [1.807, 2.05) is 0 Å². The summed E-state index contributed by atoms with van der Waals surface area (Å²) in [6.45, 7) is 7.52. The number of hydrogen-bond donors (Lipinski definition) is 2. The molecule has 1 heterocycles. The fourth-order valence-electron chi connectivity index (χ4n) is 5.33. The van der Waals surface area contributed by atoms with Gasteiger partial charge in [-0.25, -0.2) is 0 Å². The number of likely N-dealkylation sites (tertiary alicyclic amines) is 1. The van der Waals surface area contributed by atoms with Crippen LogP contribution in [0.1, 0.15) is 52.4 Å². The molecule has 0 spiro atoms. The predicted octanol–water partition coefficient (Wildman–Crippen LogP) is 2.02. The van der Waals surface area contributed by atoms with E-state index in [9.17, 15) is 10.2 Å². The Hall–Kier alpha value is -0.120. The Morgan fingerprint density at radius 3 is 2.42 bits per heavy atom. The molecule has 2 aliphatic carbocycles. The van der Waals surface area contributed by atoms with Gasteiger partial charge in [0.1, 0.15) is 0 Å². The van der Waals surface area contributed by atoms with E-state index in [0.29, 0.717) is 5.92 Å². The van der Waals surface area contributed by atoms with Gasteiger partial charge in [0.05, 0.1) is 12.2 Å². The van der Waals surface area contributed by atoms with E-state index in [1.165, 1.54) is 25.7 Å². The molecule has 2 bridgehead atoms. The predicted molar refractivity (Wildman–Crippen MR) is 75.9 cm³/mol. The fraction of sp³-hybridized carbons (Fsp3) is 1.00. The van der Waals surface area contributed by atoms with Gasteiger partial charge in [-0.2, -0.15) is 0 Å². The monoisotopic (exact) mass is 267 g/mol. The highest BCUT2D eigenvalue weighted by Crippen LogP contribution is 2.67. The molecule has 3 rings (SSSR count). The van der Waals surface area contributed by atoms with Crippen molar-refractivity contribution in [1.29, 1.82) is 0 Å². The first-order valence-corrected chi connectivity index (χ1v) is 8.07. The lowest BCUT2D eigenvalue weighted by Gasteiger charge is -2.46. The minimum absolute atomic E-state index is 0.0849. The fourth-order valence-corrected chi connectivity index (χ4v) is 5.33. The first kappa shape index (κ1) is 13.8. The van der Waals surface area contributed by atoms with Crippen molar-refractivity contribution >= 4 is 0 Å². The molecule has 3 nitrogen and oxygen atoms in total. The Morgan fingerprint density at radius 2 is 1.89 bits per heavy atom. The Labute approximate surface area is 117 Å². The van der Waals surface area contributed by atoms with Gasteiger partial charge in [-0.15, -0.1) is 0 Å². The lowest BCUT2D eigenvalue weighted by molar-refractivity contribution is -0.108. The van der Waals surface area contributed by atoms with Gasteiger partial charge in [-0.05, 0) is 56.5 Å². The second kappa shape index (κ2) is 4.71. The summed E-state index contributed by atoms with van der Waals surface area (Å²) < 4.78 is 0. The van der Waals surface area contributed by atoms with Crippen LogP contribution >= 0.6 is 0 Å². The minimum Gasteiger partial charge on any atom is -0.392 e. The number of β-amino-alcohol motifs (C(OH)–C–C–N with tert-alkyl or cyclic N) is 1. The molecule has 4 atom stereocenters. The number of rotatable bonds is 3. The zero-order valence-electron chi connectivity index (χ0n) is 12.4. The van der Waals surface area contributed by atoms with Crippen molar-refractivity contribution in [1.82, 2.24) is 4.90 Å². The number of fused-ring (bicyclic) bond motifs is 2. The first-order chi connectivity index (χ1) is 8.98. The second-order valence-corrected chi connectivity index (χ2v) is 7.63. The van der Waals surface area contributed by atoms with E-state index >= 15 is 0 Å². The van der Waals surface area contributed by atoms with E-state index in [2.05, 4.69) is 18.7 Å². The van der Waals surface area contributed by atoms with Crippen LogP contribution in [0.25, 0.3) is 0 Å². The lowest BCUT2D eigenvalue weighted by atomic mass is 9.64.